The summed E-state index contributed by atoms with van der Waals surface area (Å²) < 4.78 is 0.584. The Morgan fingerprint density at radius 3 is 2.29 bits per heavy atom. The van der Waals surface area contributed by atoms with Crippen LogP contribution in [-0.4, -0.2) is 37.8 Å². The van der Waals surface area contributed by atoms with Gasteiger partial charge in [-0.15, -0.1) is 4.89 Å². The molecule has 5 heteroatoms. The highest BCUT2D eigenvalue weighted by Gasteiger charge is 2.24. The van der Waals surface area contributed by atoms with Crippen LogP contribution in [0.5, 0.6) is 0 Å². The van der Waals surface area contributed by atoms with Crippen LogP contribution in [0.2, 0.25) is 0 Å². The minimum absolute atomic E-state index is 0. The molecular weight excluding hydrogens is 250 g/mol. The molecule has 0 aromatic heterocycles. The van der Waals surface area contributed by atoms with Gasteiger partial charge in [0.05, 0.1) is 21.1 Å². The SMILES string of the molecule is C=CC(=O)OOC(CC)[N+](C)(C)C.[Br-]. The highest BCUT2D eigenvalue weighted by molar-refractivity contribution is 5.80. The molecule has 0 rings (SSSR count). The Morgan fingerprint density at radius 2 is 2.00 bits per heavy atom. The second-order valence-corrected chi connectivity index (χ2v) is 3.68. The highest BCUT2D eigenvalue weighted by Crippen LogP contribution is 2.09. The summed E-state index contributed by atoms with van der Waals surface area (Å²) in [7, 11) is 5.90. The van der Waals surface area contributed by atoms with E-state index in [2.05, 4.69) is 11.5 Å². The van der Waals surface area contributed by atoms with E-state index in [1.807, 2.05) is 28.1 Å². The number of halogens is 1. The first kappa shape index (κ1) is 16.1. The Kier molecular flexibility index (Phi) is 8.00. The molecule has 0 spiro atoms. The van der Waals surface area contributed by atoms with Crippen molar-refractivity contribution >= 4 is 5.97 Å². The summed E-state index contributed by atoms with van der Waals surface area (Å²) in [6.07, 6.45) is 1.69. The normalized spacial score (nSPS) is 12.6. The number of nitrogens with zero attached hydrogens (tertiary/aromatic N) is 1. The van der Waals surface area contributed by atoms with Gasteiger partial charge in [0.25, 0.3) is 0 Å². The van der Waals surface area contributed by atoms with Crippen LogP contribution >= 0.6 is 0 Å². The zero-order chi connectivity index (χ0) is 10.5. The van der Waals surface area contributed by atoms with Crippen LogP contribution in [0.15, 0.2) is 12.7 Å². The molecular formula is C9H18BrNO3. The topological polar surface area (TPSA) is 35.5 Å². The number of carbonyl (C=O) groups is 1. The Bertz CT molecular complexity index is 189. The number of rotatable bonds is 5. The van der Waals surface area contributed by atoms with Gasteiger partial charge in [-0.05, 0) is 0 Å². The Morgan fingerprint density at radius 1 is 1.50 bits per heavy atom. The molecule has 0 amide bonds. The van der Waals surface area contributed by atoms with E-state index in [0.29, 0.717) is 4.48 Å². The van der Waals surface area contributed by atoms with Gasteiger partial charge in [-0.3, -0.25) is 4.89 Å². The van der Waals surface area contributed by atoms with Gasteiger partial charge in [0.1, 0.15) is 0 Å². The Hall–Kier alpha value is -0.390. The van der Waals surface area contributed by atoms with Crippen LogP contribution in [-0.2, 0) is 14.6 Å². The largest absolute Gasteiger partial charge is 1.00 e. The van der Waals surface area contributed by atoms with Crippen molar-refractivity contribution in [1.82, 2.24) is 0 Å². The third-order valence-electron chi connectivity index (χ3n) is 1.62. The smallest absolute Gasteiger partial charge is 0.365 e. The summed E-state index contributed by atoms with van der Waals surface area (Å²) in [6.45, 7) is 5.24. The van der Waals surface area contributed by atoms with Crippen LogP contribution in [0.4, 0.5) is 0 Å². The fraction of sp³-hybridized carbons (Fsp3) is 0.667. The average Bonchev–Trinajstić information content (AvgIpc) is 2.02. The molecule has 0 radical (unpaired) electrons. The van der Waals surface area contributed by atoms with Gasteiger partial charge >= 0.3 is 5.97 Å². The standard InChI is InChI=1S/C9H18NO3.BrH/c1-6-8(10(3,4)5)12-13-9(11)7-2;/h7-8H,2,6H2,1,3-5H3;1H/q+1;/p-1. The van der Waals surface area contributed by atoms with Crippen LogP contribution in [0, 0.1) is 0 Å². The number of hydrogen-bond acceptors (Lipinski definition) is 3. The third kappa shape index (κ3) is 6.12. The van der Waals surface area contributed by atoms with E-state index in [4.69, 9.17) is 4.89 Å². The second kappa shape index (κ2) is 6.98. The summed E-state index contributed by atoms with van der Waals surface area (Å²) in [4.78, 5) is 20.1. The van der Waals surface area contributed by atoms with Crippen molar-refractivity contribution in [2.45, 2.75) is 19.6 Å². The van der Waals surface area contributed by atoms with E-state index in [0.717, 1.165) is 12.5 Å². The molecule has 0 N–H and O–H groups in total. The van der Waals surface area contributed by atoms with Gasteiger partial charge in [0.15, 0.2) is 0 Å². The predicted octanol–water partition coefficient (Wildman–Crippen LogP) is -1.91. The lowest BCUT2D eigenvalue weighted by molar-refractivity contribution is -0.929. The van der Waals surface area contributed by atoms with Gasteiger partial charge in [-0.2, -0.15) is 0 Å². The van der Waals surface area contributed by atoms with E-state index < -0.39 is 5.97 Å². The third-order valence-corrected chi connectivity index (χ3v) is 1.62. The van der Waals surface area contributed by atoms with E-state index in [-0.39, 0.29) is 23.2 Å². The zero-order valence-corrected chi connectivity index (χ0v) is 10.7. The molecule has 0 saturated carbocycles. The van der Waals surface area contributed by atoms with Crippen molar-refractivity contribution in [2.75, 3.05) is 21.1 Å². The first-order valence-corrected chi connectivity index (χ1v) is 4.22. The van der Waals surface area contributed by atoms with Gasteiger partial charge in [-0.1, -0.05) is 13.5 Å². The van der Waals surface area contributed by atoms with Crippen LogP contribution < -0.4 is 17.0 Å². The molecule has 1 unspecified atom stereocenters. The van der Waals surface area contributed by atoms with Crippen molar-refractivity contribution in [1.29, 1.82) is 0 Å². The lowest BCUT2D eigenvalue weighted by Gasteiger charge is -2.30. The molecule has 14 heavy (non-hydrogen) atoms. The molecule has 0 saturated heterocycles. The van der Waals surface area contributed by atoms with E-state index in [1.54, 1.807) is 0 Å². The molecule has 0 fully saturated rings. The molecule has 0 aromatic carbocycles. The van der Waals surface area contributed by atoms with Crippen molar-refractivity contribution in [3.8, 4) is 0 Å². The molecule has 84 valence electrons. The molecule has 0 aliphatic carbocycles. The van der Waals surface area contributed by atoms with Crippen molar-refractivity contribution in [3.63, 3.8) is 0 Å². The van der Waals surface area contributed by atoms with Crippen molar-refractivity contribution in [2.24, 2.45) is 0 Å². The zero-order valence-electron chi connectivity index (χ0n) is 9.12. The first-order valence-electron chi connectivity index (χ1n) is 4.22. The minimum atomic E-state index is -0.563. The molecule has 0 heterocycles. The maximum atomic E-state index is 10.7. The molecule has 0 aliphatic rings. The minimum Gasteiger partial charge on any atom is -1.00 e. The van der Waals surface area contributed by atoms with Gasteiger partial charge < -0.3 is 21.5 Å². The second-order valence-electron chi connectivity index (χ2n) is 3.68. The molecule has 0 bridgehead atoms. The predicted molar refractivity (Wildman–Crippen MR) is 49.5 cm³/mol. The summed E-state index contributed by atoms with van der Waals surface area (Å²) in [6, 6.07) is 0. The monoisotopic (exact) mass is 267 g/mol. The highest BCUT2D eigenvalue weighted by atomic mass is 79.9. The number of hydrogen-bond donors (Lipinski definition) is 0. The Labute approximate surface area is 95.8 Å². The average molecular weight is 268 g/mol. The molecule has 0 aliphatic heterocycles. The van der Waals surface area contributed by atoms with Crippen LogP contribution in [0.3, 0.4) is 0 Å². The fourth-order valence-corrected chi connectivity index (χ4v) is 0.882. The lowest BCUT2D eigenvalue weighted by Crippen LogP contribution is -3.00. The number of carbonyl (C=O) groups excluding carboxylic acids is 1. The molecule has 1 atom stereocenters. The summed E-state index contributed by atoms with van der Waals surface area (Å²) in [5, 5.41) is 0. The van der Waals surface area contributed by atoms with Crippen molar-refractivity contribution < 1.29 is 36.0 Å². The summed E-state index contributed by atoms with van der Waals surface area (Å²) in [5.41, 5.74) is 0. The van der Waals surface area contributed by atoms with E-state index in [9.17, 15) is 4.79 Å². The molecule has 0 aromatic rings. The lowest BCUT2D eigenvalue weighted by atomic mass is 10.3. The maximum Gasteiger partial charge on any atom is 0.365 e. The summed E-state index contributed by atoms with van der Waals surface area (Å²) >= 11 is 0. The van der Waals surface area contributed by atoms with Crippen molar-refractivity contribution in [3.05, 3.63) is 12.7 Å². The first-order chi connectivity index (χ1) is 5.91. The van der Waals surface area contributed by atoms with Gasteiger partial charge in [-0.25, -0.2) is 4.79 Å². The van der Waals surface area contributed by atoms with Crippen LogP contribution in [0.1, 0.15) is 13.3 Å². The van der Waals surface area contributed by atoms with E-state index >= 15 is 0 Å². The van der Waals surface area contributed by atoms with Gasteiger partial charge in [0, 0.05) is 12.5 Å². The summed E-state index contributed by atoms with van der Waals surface area (Å²) in [5.74, 6) is -0.563. The Balaban J connectivity index is 0. The maximum absolute atomic E-state index is 10.7. The fourth-order valence-electron chi connectivity index (χ4n) is 0.882. The van der Waals surface area contributed by atoms with Crippen LogP contribution in [0.25, 0.3) is 0 Å². The van der Waals surface area contributed by atoms with E-state index in [1.165, 1.54) is 0 Å². The number of quaternary nitrogens is 1. The molecule has 4 nitrogen and oxygen atoms in total. The van der Waals surface area contributed by atoms with Gasteiger partial charge in [0.2, 0.25) is 6.23 Å². The quantitative estimate of drug-likeness (QED) is 0.192.